The Bertz CT molecular complexity index is 517. The highest BCUT2D eigenvalue weighted by molar-refractivity contribution is 7.13. The van der Waals surface area contributed by atoms with E-state index >= 15 is 0 Å². The van der Waals surface area contributed by atoms with E-state index in [2.05, 4.69) is 15.2 Å². The third-order valence-electron chi connectivity index (χ3n) is 1.80. The standard InChI is InChI=1S/C8H4F3N3OS/c9-8(10,11)5-3-16-7(13-5)6-4(2-15)1-12-14-6/h1-3H,(H,12,14). The van der Waals surface area contributed by atoms with Gasteiger partial charge in [-0.25, -0.2) is 4.98 Å². The third kappa shape index (κ3) is 1.83. The second kappa shape index (κ2) is 3.71. The van der Waals surface area contributed by atoms with Gasteiger partial charge in [0.1, 0.15) is 10.7 Å². The molecule has 1 N–H and O–H groups in total. The average molecular weight is 247 g/mol. The van der Waals surface area contributed by atoms with Crippen molar-refractivity contribution < 1.29 is 18.0 Å². The molecular weight excluding hydrogens is 243 g/mol. The summed E-state index contributed by atoms with van der Waals surface area (Å²) in [7, 11) is 0. The monoisotopic (exact) mass is 247 g/mol. The fourth-order valence-corrected chi connectivity index (χ4v) is 1.92. The van der Waals surface area contributed by atoms with Gasteiger partial charge in [0, 0.05) is 5.38 Å². The van der Waals surface area contributed by atoms with Gasteiger partial charge < -0.3 is 0 Å². The van der Waals surface area contributed by atoms with Crippen molar-refractivity contribution in [1.82, 2.24) is 15.2 Å². The Kier molecular flexibility index (Phi) is 2.50. The smallest absolute Gasteiger partial charge is 0.298 e. The van der Waals surface area contributed by atoms with Crippen LogP contribution in [-0.2, 0) is 6.18 Å². The lowest BCUT2D eigenvalue weighted by Crippen LogP contribution is -2.04. The molecule has 2 aromatic heterocycles. The Hall–Kier alpha value is -1.70. The van der Waals surface area contributed by atoms with Crippen molar-refractivity contribution in [1.29, 1.82) is 0 Å². The number of hydrogen-bond acceptors (Lipinski definition) is 4. The quantitative estimate of drug-likeness (QED) is 0.829. The van der Waals surface area contributed by atoms with Crippen LogP contribution >= 0.6 is 11.3 Å². The molecule has 84 valence electrons. The number of aromatic nitrogens is 3. The fraction of sp³-hybridized carbons (Fsp3) is 0.125. The van der Waals surface area contributed by atoms with Crippen molar-refractivity contribution in [2.45, 2.75) is 6.18 Å². The van der Waals surface area contributed by atoms with Gasteiger partial charge in [-0.05, 0) is 0 Å². The first kappa shape index (κ1) is 10.8. The maximum atomic E-state index is 12.3. The summed E-state index contributed by atoms with van der Waals surface area (Å²) in [5, 5.41) is 6.99. The number of nitrogens with one attached hydrogen (secondary N) is 1. The van der Waals surface area contributed by atoms with Gasteiger partial charge in [0.15, 0.2) is 12.0 Å². The summed E-state index contributed by atoms with van der Waals surface area (Å²) in [6.07, 6.45) is -2.74. The third-order valence-corrected chi connectivity index (χ3v) is 2.66. The van der Waals surface area contributed by atoms with Gasteiger partial charge in [-0.2, -0.15) is 18.3 Å². The molecule has 2 aromatic rings. The van der Waals surface area contributed by atoms with E-state index in [4.69, 9.17) is 0 Å². The summed E-state index contributed by atoms with van der Waals surface area (Å²) in [5.74, 6) is 0. The zero-order valence-corrected chi connectivity index (χ0v) is 8.39. The molecule has 0 atom stereocenters. The number of carbonyl (C=O) groups is 1. The predicted octanol–water partition coefficient (Wildman–Crippen LogP) is 2.36. The minimum Gasteiger partial charge on any atom is -0.298 e. The zero-order chi connectivity index (χ0) is 11.8. The second-order valence-electron chi connectivity index (χ2n) is 2.85. The Balaban J connectivity index is 2.43. The highest BCUT2D eigenvalue weighted by Gasteiger charge is 2.34. The lowest BCUT2D eigenvalue weighted by atomic mass is 10.3. The Morgan fingerprint density at radius 3 is 2.75 bits per heavy atom. The lowest BCUT2D eigenvalue weighted by Gasteiger charge is -1.99. The number of carbonyl (C=O) groups excluding carboxylic acids is 1. The molecule has 8 heteroatoms. The van der Waals surface area contributed by atoms with Crippen LogP contribution in [0, 0.1) is 0 Å². The number of thiazole rings is 1. The molecule has 2 rings (SSSR count). The molecule has 0 aromatic carbocycles. The van der Waals surface area contributed by atoms with Gasteiger partial charge in [-0.3, -0.25) is 9.89 Å². The van der Waals surface area contributed by atoms with Crippen LogP contribution in [0.5, 0.6) is 0 Å². The van der Waals surface area contributed by atoms with Crippen molar-refractivity contribution in [3.05, 3.63) is 22.8 Å². The van der Waals surface area contributed by atoms with E-state index in [1.807, 2.05) is 0 Å². The van der Waals surface area contributed by atoms with Crippen LogP contribution < -0.4 is 0 Å². The van der Waals surface area contributed by atoms with Gasteiger partial charge in [-0.15, -0.1) is 11.3 Å². The van der Waals surface area contributed by atoms with E-state index in [1.165, 1.54) is 6.20 Å². The van der Waals surface area contributed by atoms with Gasteiger partial charge >= 0.3 is 6.18 Å². The molecule has 0 saturated heterocycles. The Morgan fingerprint density at radius 2 is 2.19 bits per heavy atom. The molecule has 0 saturated carbocycles. The maximum Gasteiger partial charge on any atom is 0.434 e. The number of rotatable bonds is 2. The summed E-state index contributed by atoms with van der Waals surface area (Å²) in [5.41, 5.74) is -0.586. The van der Waals surface area contributed by atoms with E-state index in [9.17, 15) is 18.0 Å². The Morgan fingerprint density at radius 1 is 1.44 bits per heavy atom. The Labute approximate surface area is 91.1 Å². The largest absolute Gasteiger partial charge is 0.434 e. The van der Waals surface area contributed by atoms with Crippen molar-refractivity contribution >= 4 is 17.6 Å². The SMILES string of the molecule is O=Cc1cn[nH]c1-c1nc(C(F)(F)F)cs1. The minimum atomic E-state index is -4.48. The van der Waals surface area contributed by atoms with Crippen LogP contribution in [0.4, 0.5) is 13.2 Å². The topological polar surface area (TPSA) is 58.6 Å². The van der Waals surface area contributed by atoms with Gasteiger partial charge in [-0.1, -0.05) is 0 Å². The molecule has 0 unspecified atom stereocenters. The van der Waals surface area contributed by atoms with Gasteiger partial charge in [0.25, 0.3) is 0 Å². The molecule has 16 heavy (non-hydrogen) atoms. The number of aromatic amines is 1. The van der Waals surface area contributed by atoms with Crippen LogP contribution in [-0.4, -0.2) is 21.5 Å². The minimum absolute atomic E-state index is 0.0897. The average Bonchev–Trinajstić information content (AvgIpc) is 2.84. The lowest BCUT2D eigenvalue weighted by molar-refractivity contribution is -0.140. The molecule has 0 radical (unpaired) electrons. The molecule has 0 fully saturated rings. The van der Waals surface area contributed by atoms with Crippen molar-refractivity contribution in [3.8, 4) is 10.7 Å². The molecular formula is C8H4F3N3OS. The number of hydrogen-bond donors (Lipinski definition) is 1. The van der Waals surface area contributed by atoms with E-state index < -0.39 is 11.9 Å². The first-order chi connectivity index (χ1) is 7.52. The van der Waals surface area contributed by atoms with E-state index in [0.29, 0.717) is 6.29 Å². The first-order valence-electron chi connectivity index (χ1n) is 4.04. The number of alkyl halides is 3. The highest BCUT2D eigenvalue weighted by Crippen LogP contribution is 2.33. The molecule has 0 spiro atoms. The van der Waals surface area contributed by atoms with Crippen molar-refractivity contribution in [2.24, 2.45) is 0 Å². The first-order valence-corrected chi connectivity index (χ1v) is 4.92. The van der Waals surface area contributed by atoms with Crippen LogP contribution in [0.25, 0.3) is 10.7 Å². The number of nitrogens with zero attached hydrogens (tertiary/aromatic N) is 2. The van der Waals surface area contributed by atoms with Crippen LogP contribution in [0.3, 0.4) is 0 Å². The van der Waals surface area contributed by atoms with Gasteiger partial charge in [0.05, 0.1) is 11.8 Å². The number of H-pyrrole nitrogens is 1. The molecule has 4 nitrogen and oxygen atoms in total. The summed E-state index contributed by atoms with van der Waals surface area (Å²) in [4.78, 5) is 14.0. The van der Waals surface area contributed by atoms with Crippen LogP contribution in [0.1, 0.15) is 16.1 Å². The normalized spacial score (nSPS) is 11.7. The van der Waals surface area contributed by atoms with Crippen LogP contribution in [0.15, 0.2) is 11.6 Å². The van der Waals surface area contributed by atoms with E-state index in [0.717, 1.165) is 16.7 Å². The summed E-state index contributed by atoms with van der Waals surface area (Å²) in [6.45, 7) is 0. The number of aldehydes is 1. The summed E-state index contributed by atoms with van der Waals surface area (Å²) >= 11 is 0.802. The predicted molar refractivity (Wildman–Crippen MR) is 50.1 cm³/mol. The number of halogens is 3. The highest BCUT2D eigenvalue weighted by atomic mass is 32.1. The molecule has 0 aliphatic carbocycles. The zero-order valence-electron chi connectivity index (χ0n) is 7.58. The van der Waals surface area contributed by atoms with E-state index in [-0.39, 0.29) is 16.3 Å². The van der Waals surface area contributed by atoms with Crippen molar-refractivity contribution in [2.75, 3.05) is 0 Å². The van der Waals surface area contributed by atoms with Crippen LogP contribution in [0.2, 0.25) is 0 Å². The van der Waals surface area contributed by atoms with Crippen molar-refractivity contribution in [3.63, 3.8) is 0 Å². The van der Waals surface area contributed by atoms with E-state index in [1.54, 1.807) is 0 Å². The second-order valence-corrected chi connectivity index (χ2v) is 3.71. The summed E-state index contributed by atoms with van der Waals surface area (Å²) in [6, 6.07) is 0. The maximum absolute atomic E-state index is 12.3. The molecule has 0 amide bonds. The summed E-state index contributed by atoms with van der Waals surface area (Å²) < 4.78 is 36.8. The molecule has 0 aliphatic rings. The molecule has 0 aliphatic heterocycles. The molecule has 0 bridgehead atoms. The fourth-order valence-electron chi connectivity index (χ4n) is 1.07. The molecule has 2 heterocycles. The van der Waals surface area contributed by atoms with Gasteiger partial charge in [0.2, 0.25) is 0 Å².